The van der Waals surface area contributed by atoms with Gasteiger partial charge in [0.2, 0.25) is 0 Å². The molecule has 1 unspecified atom stereocenters. The van der Waals surface area contributed by atoms with Crippen molar-refractivity contribution in [3.63, 3.8) is 0 Å². The summed E-state index contributed by atoms with van der Waals surface area (Å²) < 4.78 is 0. The molecule has 72 valence electrons. The second kappa shape index (κ2) is 3.17. The number of rotatable bonds is 1. The molecule has 2 nitrogen and oxygen atoms in total. The molecule has 1 aliphatic carbocycles. The standard InChI is InChI=1S/C9H18N2.ClH/c1-6(2)8-9(10)3-7(4-9)5-11-8;/h6-8,11H,3-5,10H2,1-2H3;1H. The Balaban J connectivity index is 0.000000720. The minimum atomic E-state index is 0. The molecule has 3 heteroatoms. The Morgan fingerprint density at radius 1 is 1.42 bits per heavy atom. The van der Waals surface area contributed by atoms with Crippen LogP contribution >= 0.6 is 12.4 Å². The summed E-state index contributed by atoms with van der Waals surface area (Å²) in [5, 5.41) is 3.53. The largest absolute Gasteiger partial charge is 0.324 e. The molecular formula is C9H19ClN2. The molecule has 3 fully saturated rings. The van der Waals surface area contributed by atoms with E-state index in [0.29, 0.717) is 12.0 Å². The van der Waals surface area contributed by atoms with E-state index in [0.717, 1.165) is 5.92 Å². The van der Waals surface area contributed by atoms with E-state index < -0.39 is 0 Å². The van der Waals surface area contributed by atoms with E-state index in [-0.39, 0.29) is 17.9 Å². The Morgan fingerprint density at radius 3 is 2.33 bits per heavy atom. The maximum Gasteiger partial charge on any atom is 0.0318 e. The van der Waals surface area contributed by atoms with Crippen molar-refractivity contribution in [1.82, 2.24) is 5.32 Å². The Morgan fingerprint density at radius 2 is 2.00 bits per heavy atom. The van der Waals surface area contributed by atoms with E-state index >= 15 is 0 Å². The third-order valence-corrected chi connectivity index (χ3v) is 3.25. The fraction of sp³-hybridized carbons (Fsp3) is 1.00. The lowest BCUT2D eigenvalue weighted by Crippen LogP contribution is -2.72. The highest BCUT2D eigenvalue weighted by atomic mass is 35.5. The first-order chi connectivity index (χ1) is 5.12. The molecule has 2 aliphatic heterocycles. The first-order valence-corrected chi connectivity index (χ1v) is 4.64. The molecule has 2 heterocycles. The molecule has 3 N–H and O–H groups in total. The first kappa shape index (κ1) is 10.3. The predicted octanol–water partition coefficient (Wildman–Crippen LogP) is 1.14. The second-order valence-corrected chi connectivity index (χ2v) is 4.64. The average Bonchev–Trinajstić information content (AvgIpc) is 1.84. The van der Waals surface area contributed by atoms with Gasteiger partial charge in [0, 0.05) is 11.6 Å². The third-order valence-electron chi connectivity index (χ3n) is 3.25. The van der Waals surface area contributed by atoms with Crippen molar-refractivity contribution in [2.24, 2.45) is 17.6 Å². The van der Waals surface area contributed by atoms with Gasteiger partial charge in [-0.2, -0.15) is 0 Å². The molecule has 0 aromatic rings. The summed E-state index contributed by atoms with van der Waals surface area (Å²) in [5.41, 5.74) is 6.38. The fourth-order valence-corrected chi connectivity index (χ4v) is 2.81. The van der Waals surface area contributed by atoms with Crippen LogP contribution in [0.5, 0.6) is 0 Å². The molecule has 0 amide bonds. The van der Waals surface area contributed by atoms with Crippen molar-refractivity contribution in [3.05, 3.63) is 0 Å². The van der Waals surface area contributed by atoms with E-state index in [9.17, 15) is 0 Å². The van der Waals surface area contributed by atoms with Crippen LogP contribution in [0.25, 0.3) is 0 Å². The van der Waals surface area contributed by atoms with Gasteiger partial charge in [-0.1, -0.05) is 13.8 Å². The van der Waals surface area contributed by atoms with Gasteiger partial charge in [0.15, 0.2) is 0 Å². The lowest BCUT2D eigenvalue weighted by atomic mass is 9.60. The smallest absolute Gasteiger partial charge is 0.0318 e. The maximum absolute atomic E-state index is 6.23. The Hall–Kier alpha value is 0.210. The van der Waals surface area contributed by atoms with Crippen LogP contribution in [-0.4, -0.2) is 18.1 Å². The van der Waals surface area contributed by atoms with E-state index in [1.165, 1.54) is 19.4 Å². The van der Waals surface area contributed by atoms with Gasteiger partial charge >= 0.3 is 0 Å². The molecule has 12 heavy (non-hydrogen) atoms. The van der Waals surface area contributed by atoms with Crippen molar-refractivity contribution in [1.29, 1.82) is 0 Å². The van der Waals surface area contributed by atoms with Crippen LogP contribution in [0.2, 0.25) is 0 Å². The topological polar surface area (TPSA) is 38.0 Å². The lowest BCUT2D eigenvalue weighted by molar-refractivity contribution is 0.0285. The van der Waals surface area contributed by atoms with E-state index in [2.05, 4.69) is 19.2 Å². The minimum absolute atomic E-state index is 0. The molecule has 1 atom stereocenters. The van der Waals surface area contributed by atoms with E-state index in [1.807, 2.05) is 0 Å². The normalized spacial score (nSPS) is 45.0. The highest BCUT2D eigenvalue weighted by Crippen LogP contribution is 2.43. The van der Waals surface area contributed by atoms with Crippen molar-refractivity contribution in [2.75, 3.05) is 6.54 Å². The molecule has 0 radical (unpaired) electrons. The molecule has 2 saturated heterocycles. The number of nitrogens with one attached hydrogen (secondary N) is 1. The van der Waals surface area contributed by atoms with Crippen molar-refractivity contribution < 1.29 is 0 Å². The van der Waals surface area contributed by atoms with Crippen molar-refractivity contribution >= 4 is 12.4 Å². The summed E-state index contributed by atoms with van der Waals surface area (Å²) >= 11 is 0. The van der Waals surface area contributed by atoms with Crippen LogP contribution in [0, 0.1) is 11.8 Å². The SMILES string of the molecule is CC(C)C1NCC2CC1(N)C2.Cl. The Bertz CT molecular complexity index is 164. The van der Waals surface area contributed by atoms with Crippen LogP contribution in [0.15, 0.2) is 0 Å². The van der Waals surface area contributed by atoms with E-state index in [1.54, 1.807) is 0 Å². The predicted molar refractivity (Wildman–Crippen MR) is 53.5 cm³/mol. The monoisotopic (exact) mass is 190 g/mol. The van der Waals surface area contributed by atoms with Gasteiger partial charge in [0.25, 0.3) is 0 Å². The molecule has 0 spiro atoms. The number of piperidine rings is 2. The lowest BCUT2D eigenvalue weighted by Gasteiger charge is -2.56. The van der Waals surface area contributed by atoms with Crippen molar-refractivity contribution in [2.45, 2.75) is 38.3 Å². The van der Waals surface area contributed by atoms with Gasteiger partial charge in [-0.25, -0.2) is 0 Å². The third kappa shape index (κ3) is 1.36. The molecule has 0 aromatic carbocycles. The van der Waals surface area contributed by atoms with Crippen LogP contribution < -0.4 is 11.1 Å². The van der Waals surface area contributed by atoms with Gasteiger partial charge in [0.1, 0.15) is 0 Å². The van der Waals surface area contributed by atoms with Crippen molar-refractivity contribution in [3.8, 4) is 0 Å². The van der Waals surface area contributed by atoms with Crippen LogP contribution in [0.4, 0.5) is 0 Å². The number of halogens is 1. The van der Waals surface area contributed by atoms with E-state index in [4.69, 9.17) is 5.73 Å². The second-order valence-electron chi connectivity index (χ2n) is 4.64. The summed E-state index contributed by atoms with van der Waals surface area (Å²) in [5.74, 6) is 1.57. The number of nitrogens with two attached hydrogens (primary N) is 1. The highest BCUT2D eigenvalue weighted by molar-refractivity contribution is 5.85. The Kier molecular flexibility index (Phi) is 2.72. The summed E-state index contributed by atoms with van der Waals surface area (Å²) in [6, 6.07) is 0.562. The zero-order valence-corrected chi connectivity index (χ0v) is 8.66. The molecule has 3 aliphatic rings. The molecule has 1 saturated carbocycles. The van der Waals surface area contributed by atoms with Crippen LogP contribution in [-0.2, 0) is 0 Å². The number of hydrogen-bond acceptors (Lipinski definition) is 2. The molecule has 3 rings (SSSR count). The number of hydrogen-bond donors (Lipinski definition) is 2. The highest BCUT2D eigenvalue weighted by Gasteiger charge is 2.51. The molecule has 0 aromatic heterocycles. The summed E-state index contributed by atoms with van der Waals surface area (Å²) in [4.78, 5) is 0. The summed E-state index contributed by atoms with van der Waals surface area (Å²) in [6.07, 6.45) is 2.51. The quantitative estimate of drug-likeness (QED) is 0.651. The number of fused-ring (bicyclic) bond motifs is 2. The van der Waals surface area contributed by atoms with Gasteiger partial charge in [0.05, 0.1) is 0 Å². The molecular weight excluding hydrogens is 172 g/mol. The van der Waals surface area contributed by atoms with Gasteiger partial charge in [-0.3, -0.25) is 0 Å². The zero-order chi connectivity index (χ0) is 8.06. The zero-order valence-electron chi connectivity index (χ0n) is 7.84. The average molecular weight is 191 g/mol. The Labute approximate surface area is 80.7 Å². The van der Waals surface area contributed by atoms with Gasteiger partial charge < -0.3 is 11.1 Å². The van der Waals surface area contributed by atoms with Crippen LogP contribution in [0.3, 0.4) is 0 Å². The van der Waals surface area contributed by atoms with Gasteiger partial charge in [-0.05, 0) is 31.2 Å². The van der Waals surface area contributed by atoms with Gasteiger partial charge in [-0.15, -0.1) is 12.4 Å². The summed E-state index contributed by atoms with van der Waals surface area (Å²) in [6.45, 7) is 5.71. The maximum atomic E-state index is 6.23. The summed E-state index contributed by atoms with van der Waals surface area (Å²) in [7, 11) is 0. The fourth-order valence-electron chi connectivity index (χ4n) is 2.81. The molecule has 2 bridgehead atoms. The first-order valence-electron chi connectivity index (χ1n) is 4.64. The van der Waals surface area contributed by atoms with Crippen LogP contribution in [0.1, 0.15) is 26.7 Å². The minimum Gasteiger partial charge on any atom is -0.324 e.